The van der Waals surface area contributed by atoms with Gasteiger partial charge in [0.15, 0.2) is 17.2 Å². The lowest BCUT2D eigenvalue weighted by Crippen LogP contribution is -2.31. The van der Waals surface area contributed by atoms with Gasteiger partial charge in [0.2, 0.25) is 0 Å². The number of amides is 1. The average Bonchev–Trinajstić information content (AvgIpc) is 3.15. The highest BCUT2D eigenvalue weighted by atomic mass is 35.5. The maximum atomic E-state index is 13.5. The summed E-state index contributed by atoms with van der Waals surface area (Å²) < 4.78 is 11.4. The maximum absolute atomic E-state index is 13.5. The van der Waals surface area contributed by atoms with Crippen molar-refractivity contribution in [1.29, 1.82) is 5.41 Å². The Balaban J connectivity index is 0.00000507. The zero-order valence-electron chi connectivity index (χ0n) is 23.1. The molecule has 0 spiro atoms. The number of aromatic nitrogens is 1. The Bertz CT molecular complexity index is 1210. The highest BCUT2D eigenvalue weighted by Gasteiger charge is 2.32. The summed E-state index contributed by atoms with van der Waals surface area (Å²) in [5.74, 6) is 0.527. The van der Waals surface area contributed by atoms with Crippen LogP contribution in [0.15, 0.2) is 18.2 Å². The van der Waals surface area contributed by atoms with E-state index in [-0.39, 0.29) is 48.3 Å². The summed E-state index contributed by atoms with van der Waals surface area (Å²) in [5, 5.41) is 20.7. The van der Waals surface area contributed by atoms with E-state index in [0.717, 1.165) is 11.1 Å². The van der Waals surface area contributed by atoms with Crippen molar-refractivity contribution >= 4 is 35.6 Å². The summed E-state index contributed by atoms with van der Waals surface area (Å²) in [7, 11) is 4.95. The normalized spacial score (nSPS) is 12.5. The first kappa shape index (κ1) is 30.9. The molecule has 0 unspecified atom stereocenters. The van der Waals surface area contributed by atoms with Crippen LogP contribution >= 0.6 is 12.4 Å². The molecular formula is C27H38ClN5O5. The van der Waals surface area contributed by atoms with Gasteiger partial charge in [0.1, 0.15) is 17.3 Å². The number of anilines is 1. The lowest BCUT2D eigenvalue weighted by Gasteiger charge is -2.29. The summed E-state index contributed by atoms with van der Waals surface area (Å²) >= 11 is 0. The van der Waals surface area contributed by atoms with Gasteiger partial charge >= 0.3 is 0 Å². The number of Topliss-reactive ketones (excluding diaryl/α,β-unsaturated/α-hetero) is 1. The molecule has 0 radical (unpaired) electrons. The van der Waals surface area contributed by atoms with Crippen molar-refractivity contribution in [2.45, 2.75) is 39.7 Å². The fourth-order valence-electron chi connectivity index (χ4n) is 4.34. The van der Waals surface area contributed by atoms with Gasteiger partial charge in [-0.05, 0) is 30.5 Å². The van der Waals surface area contributed by atoms with Crippen molar-refractivity contribution in [1.82, 2.24) is 15.2 Å². The first-order chi connectivity index (χ1) is 17.5. The molecule has 0 aliphatic carbocycles. The Kier molecular flexibility index (Phi) is 10.1. The standard InChI is InChI=1S/C27H37N5O5.ClH/c1-8-37-21-13-17-14-32(25(28)22(17)30-23(21)26(35)29-5)15-20(34)16-11-18(27(2,3)4)24(36-7)19(12-16)31(6)9-10-33;/h11-13,28,33H,8-10,14-15H2,1-7H3,(H,29,35);1H. The minimum absolute atomic E-state index is 0. The van der Waals surface area contributed by atoms with Gasteiger partial charge in [-0.15, -0.1) is 12.4 Å². The number of nitrogens with zero attached hydrogens (tertiary/aromatic N) is 3. The van der Waals surface area contributed by atoms with Crippen LogP contribution in [-0.4, -0.2) is 80.0 Å². The number of amidine groups is 1. The van der Waals surface area contributed by atoms with E-state index in [2.05, 4.69) is 10.3 Å². The molecule has 1 aliphatic heterocycles. The number of hydrogen-bond acceptors (Lipinski definition) is 8. The molecule has 2 heterocycles. The summed E-state index contributed by atoms with van der Waals surface area (Å²) in [5.41, 5.74) is 2.98. The Labute approximate surface area is 230 Å². The van der Waals surface area contributed by atoms with E-state index in [1.807, 2.05) is 45.7 Å². The van der Waals surface area contributed by atoms with Crippen LogP contribution in [0, 0.1) is 5.41 Å². The van der Waals surface area contributed by atoms with E-state index in [9.17, 15) is 14.7 Å². The summed E-state index contributed by atoms with van der Waals surface area (Å²) in [6.45, 7) is 8.94. The second-order valence-corrected chi connectivity index (χ2v) is 9.95. The van der Waals surface area contributed by atoms with Gasteiger partial charge < -0.3 is 29.7 Å². The molecule has 208 valence electrons. The molecule has 1 aromatic heterocycles. The van der Waals surface area contributed by atoms with Crippen LogP contribution in [0.2, 0.25) is 0 Å². The SMILES string of the molecule is CCOc1cc2c(nc1C(=O)NC)C(=N)N(CC(=O)c1cc(N(C)CCO)c(OC)c(C(C)(C)C)c1)C2.Cl. The monoisotopic (exact) mass is 547 g/mol. The van der Waals surface area contributed by atoms with Crippen molar-refractivity contribution < 1.29 is 24.2 Å². The van der Waals surface area contributed by atoms with E-state index in [0.29, 0.717) is 48.1 Å². The molecule has 1 amide bonds. The maximum Gasteiger partial charge on any atom is 0.273 e. The topological polar surface area (TPSA) is 128 Å². The average molecular weight is 548 g/mol. The summed E-state index contributed by atoms with van der Waals surface area (Å²) in [6.07, 6.45) is 0. The van der Waals surface area contributed by atoms with Gasteiger partial charge in [0, 0.05) is 43.9 Å². The van der Waals surface area contributed by atoms with E-state index in [1.54, 1.807) is 24.1 Å². The number of pyridine rings is 1. The molecule has 1 aromatic carbocycles. The summed E-state index contributed by atoms with van der Waals surface area (Å²) in [4.78, 5) is 33.8. The van der Waals surface area contributed by atoms with Crippen LogP contribution in [0.1, 0.15) is 65.4 Å². The summed E-state index contributed by atoms with van der Waals surface area (Å²) in [6, 6.07) is 5.34. The Hall–Kier alpha value is -3.37. The molecule has 0 saturated heterocycles. The second kappa shape index (κ2) is 12.4. The van der Waals surface area contributed by atoms with E-state index in [1.165, 1.54) is 7.05 Å². The van der Waals surface area contributed by atoms with Gasteiger partial charge in [0.25, 0.3) is 5.91 Å². The van der Waals surface area contributed by atoms with Crippen molar-refractivity contribution in [2.24, 2.45) is 0 Å². The largest absolute Gasteiger partial charge is 0.494 e. The number of benzene rings is 1. The number of likely N-dealkylation sites (N-methyl/N-ethyl adjacent to an activating group) is 1. The molecule has 0 fully saturated rings. The number of rotatable bonds is 10. The number of methoxy groups -OCH3 is 1. The highest BCUT2D eigenvalue weighted by Crippen LogP contribution is 2.40. The molecule has 3 N–H and O–H groups in total. The van der Waals surface area contributed by atoms with E-state index < -0.39 is 5.91 Å². The Morgan fingerprint density at radius 3 is 2.50 bits per heavy atom. The van der Waals surface area contributed by atoms with E-state index in [4.69, 9.17) is 14.9 Å². The van der Waals surface area contributed by atoms with Gasteiger partial charge in [-0.25, -0.2) is 4.98 Å². The predicted octanol–water partition coefficient (Wildman–Crippen LogP) is 3.02. The third kappa shape index (κ3) is 6.19. The number of carbonyl (C=O) groups excluding carboxylic acids is 2. The van der Waals surface area contributed by atoms with Crippen molar-refractivity contribution in [3.63, 3.8) is 0 Å². The molecule has 3 rings (SSSR count). The van der Waals surface area contributed by atoms with Gasteiger partial charge in [-0.1, -0.05) is 20.8 Å². The van der Waals surface area contributed by atoms with Gasteiger partial charge in [-0.2, -0.15) is 0 Å². The number of carbonyl (C=O) groups is 2. The van der Waals surface area contributed by atoms with Crippen LogP contribution in [0.5, 0.6) is 11.5 Å². The van der Waals surface area contributed by atoms with Gasteiger partial charge in [-0.3, -0.25) is 15.0 Å². The molecule has 38 heavy (non-hydrogen) atoms. The Morgan fingerprint density at radius 2 is 1.95 bits per heavy atom. The van der Waals surface area contributed by atoms with Crippen LogP contribution in [0.4, 0.5) is 5.69 Å². The molecule has 11 heteroatoms. The molecule has 0 saturated carbocycles. The zero-order chi connectivity index (χ0) is 27.5. The molecule has 1 aliphatic rings. The minimum Gasteiger partial charge on any atom is -0.494 e. The van der Waals surface area contributed by atoms with Crippen LogP contribution in [0.3, 0.4) is 0 Å². The van der Waals surface area contributed by atoms with Crippen molar-refractivity contribution in [2.75, 3.05) is 52.4 Å². The fourth-order valence-corrected chi connectivity index (χ4v) is 4.34. The smallest absolute Gasteiger partial charge is 0.273 e. The molecule has 10 nitrogen and oxygen atoms in total. The fraction of sp³-hybridized carbons (Fsp3) is 0.481. The second-order valence-electron chi connectivity index (χ2n) is 9.95. The molecule has 0 bridgehead atoms. The van der Waals surface area contributed by atoms with E-state index >= 15 is 0 Å². The number of ketones is 1. The minimum atomic E-state index is -0.402. The highest BCUT2D eigenvalue weighted by molar-refractivity contribution is 6.06. The lowest BCUT2D eigenvalue weighted by molar-refractivity contribution is 0.0949. The van der Waals surface area contributed by atoms with Crippen molar-refractivity contribution in [3.05, 3.63) is 46.3 Å². The number of aliphatic hydroxyl groups excluding tert-OH is 1. The number of nitrogens with one attached hydrogen (secondary N) is 2. The lowest BCUT2D eigenvalue weighted by atomic mass is 9.84. The molecule has 0 atom stereocenters. The zero-order valence-corrected chi connectivity index (χ0v) is 23.9. The molecule has 2 aromatic rings. The number of ether oxygens (including phenoxy) is 2. The number of halogens is 1. The number of aliphatic hydroxyl groups is 1. The predicted molar refractivity (Wildman–Crippen MR) is 150 cm³/mol. The third-order valence-electron chi connectivity index (χ3n) is 6.29. The quantitative estimate of drug-likeness (QED) is 0.387. The third-order valence-corrected chi connectivity index (χ3v) is 6.29. The van der Waals surface area contributed by atoms with Crippen LogP contribution in [0.25, 0.3) is 0 Å². The number of fused-ring (bicyclic) bond motifs is 1. The first-order valence-electron chi connectivity index (χ1n) is 12.3. The van der Waals surface area contributed by atoms with Crippen LogP contribution in [-0.2, 0) is 12.0 Å². The molecular weight excluding hydrogens is 510 g/mol. The Morgan fingerprint density at radius 1 is 1.26 bits per heavy atom. The van der Waals surface area contributed by atoms with Crippen molar-refractivity contribution in [3.8, 4) is 11.5 Å². The van der Waals surface area contributed by atoms with Crippen LogP contribution < -0.4 is 19.7 Å². The number of hydrogen-bond donors (Lipinski definition) is 3. The first-order valence-corrected chi connectivity index (χ1v) is 12.3. The van der Waals surface area contributed by atoms with Gasteiger partial charge in [0.05, 0.1) is 32.6 Å².